The highest BCUT2D eigenvalue weighted by atomic mass is 16.5. The monoisotopic (exact) mass is 439 g/mol. The highest BCUT2D eigenvalue weighted by Crippen LogP contribution is 2.28. The number of methoxy groups -OCH3 is 1. The van der Waals surface area contributed by atoms with Crippen molar-refractivity contribution in [2.75, 3.05) is 59.7 Å². The van der Waals surface area contributed by atoms with Gasteiger partial charge in [-0.05, 0) is 41.8 Å². The summed E-state index contributed by atoms with van der Waals surface area (Å²) >= 11 is 0. The topological polar surface area (TPSA) is 63.3 Å². The minimum Gasteiger partial charge on any atom is -0.497 e. The molecule has 0 saturated carbocycles. The summed E-state index contributed by atoms with van der Waals surface area (Å²) in [4.78, 5) is 16.9. The van der Waals surface area contributed by atoms with E-state index >= 15 is 0 Å². The van der Waals surface area contributed by atoms with Crippen molar-refractivity contribution in [2.45, 2.75) is 18.9 Å². The summed E-state index contributed by atoms with van der Waals surface area (Å²) < 4.78 is 16.5. The van der Waals surface area contributed by atoms with E-state index in [1.54, 1.807) is 7.11 Å². The second-order valence-corrected chi connectivity index (χ2v) is 8.31. The average molecular weight is 440 g/mol. The first kappa shape index (κ1) is 22.4. The van der Waals surface area contributed by atoms with E-state index in [1.165, 1.54) is 5.56 Å². The zero-order chi connectivity index (χ0) is 22.2. The number of hydrogen-bond donors (Lipinski definition) is 1. The second-order valence-electron chi connectivity index (χ2n) is 8.31. The minimum atomic E-state index is -0.0142. The molecule has 0 bridgehead atoms. The summed E-state index contributed by atoms with van der Waals surface area (Å²) in [7, 11) is 1.67. The van der Waals surface area contributed by atoms with Gasteiger partial charge in [-0.2, -0.15) is 0 Å². The van der Waals surface area contributed by atoms with Gasteiger partial charge in [0.25, 0.3) is 0 Å². The number of amides is 2. The molecule has 7 nitrogen and oxygen atoms in total. The molecular weight excluding hydrogens is 406 g/mol. The van der Waals surface area contributed by atoms with Crippen molar-refractivity contribution < 1.29 is 19.0 Å². The van der Waals surface area contributed by atoms with E-state index in [0.717, 1.165) is 69.4 Å². The molecule has 0 radical (unpaired) electrons. The zero-order valence-corrected chi connectivity index (χ0v) is 18.8. The van der Waals surface area contributed by atoms with Crippen LogP contribution in [0.1, 0.15) is 23.5 Å². The van der Waals surface area contributed by atoms with Gasteiger partial charge in [0, 0.05) is 45.2 Å². The number of carbonyl (C=O) groups excluding carboxylic acids is 1. The van der Waals surface area contributed by atoms with Crippen LogP contribution in [-0.2, 0) is 11.3 Å². The number of morpholine rings is 1. The summed E-state index contributed by atoms with van der Waals surface area (Å²) in [5.74, 6) is 2.06. The predicted octanol–water partition coefficient (Wildman–Crippen LogP) is 3.11. The summed E-state index contributed by atoms with van der Waals surface area (Å²) in [6.45, 7) is 7.07. The lowest BCUT2D eigenvalue weighted by Crippen LogP contribution is -2.38. The van der Waals surface area contributed by atoms with E-state index in [9.17, 15) is 4.79 Å². The smallest absolute Gasteiger partial charge is 0.317 e. The van der Waals surface area contributed by atoms with Gasteiger partial charge < -0.3 is 24.4 Å². The van der Waals surface area contributed by atoms with Crippen LogP contribution in [0.25, 0.3) is 0 Å². The zero-order valence-electron chi connectivity index (χ0n) is 18.8. The molecule has 2 saturated heterocycles. The number of hydrogen-bond acceptors (Lipinski definition) is 5. The Morgan fingerprint density at radius 3 is 2.69 bits per heavy atom. The molecule has 1 unspecified atom stereocenters. The largest absolute Gasteiger partial charge is 0.497 e. The number of nitrogens with one attached hydrogen (secondary N) is 1. The van der Waals surface area contributed by atoms with Crippen LogP contribution in [0.3, 0.4) is 0 Å². The number of likely N-dealkylation sites (tertiary alicyclic amines) is 1. The van der Waals surface area contributed by atoms with Crippen molar-refractivity contribution in [1.82, 2.24) is 15.1 Å². The third-order valence-corrected chi connectivity index (χ3v) is 6.18. The van der Waals surface area contributed by atoms with Gasteiger partial charge in [-0.15, -0.1) is 0 Å². The summed E-state index contributed by atoms with van der Waals surface area (Å²) in [6, 6.07) is 16.1. The molecule has 0 spiro atoms. The Morgan fingerprint density at radius 1 is 1.09 bits per heavy atom. The average Bonchev–Trinajstić information content (AvgIpc) is 3.34. The Labute approximate surface area is 190 Å². The van der Waals surface area contributed by atoms with Crippen molar-refractivity contribution in [2.24, 2.45) is 0 Å². The molecule has 4 rings (SSSR count). The van der Waals surface area contributed by atoms with Gasteiger partial charge in [0.15, 0.2) is 0 Å². The number of carbonyl (C=O) groups is 1. The molecule has 0 aromatic heterocycles. The van der Waals surface area contributed by atoms with E-state index < -0.39 is 0 Å². The van der Waals surface area contributed by atoms with Crippen molar-refractivity contribution in [3.05, 3.63) is 59.7 Å². The number of benzene rings is 2. The molecule has 2 fully saturated rings. The van der Waals surface area contributed by atoms with Crippen LogP contribution in [0.2, 0.25) is 0 Å². The quantitative estimate of drug-likeness (QED) is 0.685. The fraction of sp³-hybridized carbons (Fsp3) is 0.480. The molecule has 1 N–H and O–H groups in total. The van der Waals surface area contributed by atoms with Crippen molar-refractivity contribution in [1.29, 1.82) is 0 Å². The van der Waals surface area contributed by atoms with Crippen LogP contribution in [0.4, 0.5) is 4.79 Å². The Kier molecular flexibility index (Phi) is 7.85. The van der Waals surface area contributed by atoms with Crippen LogP contribution in [0.15, 0.2) is 48.5 Å². The number of nitrogens with zero attached hydrogens (tertiary/aromatic N) is 2. The normalized spacial score (nSPS) is 19.0. The highest BCUT2D eigenvalue weighted by Gasteiger charge is 2.27. The van der Waals surface area contributed by atoms with Crippen molar-refractivity contribution in [3.8, 4) is 11.5 Å². The lowest BCUT2D eigenvalue weighted by atomic mass is 9.98. The lowest BCUT2D eigenvalue weighted by Gasteiger charge is -2.26. The van der Waals surface area contributed by atoms with Gasteiger partial charge in [0.2, 0.25) is 0 Å². The molecule has 1 atom stereocenters. The molecule has 2 aromatic rings. The molecule has 0 aliphatic carbocycles. The Morgan fingerprint density at radius 2 is 1.91 bits per heavy atom. The molecule has 7 heteroatoms. The molecular formula is C25H33N3O4. The molecule has 2 aliphatic rings. The number of rotatable bonds is 8. The van der Waals surface area contributed by atoms with E-state index in [1.807, 2.05) is 41.3 Å². The molecule has 32 heavy (non-hydrogen) atoms. The second kappa shape index (κ2) is 11.2. The highest BCUT2D eigenvalue weighted by molar-refractivity contribution is 5.74. The van der Waals surface area contributed by atoms with Gasteiger partial charge in [-0.1, -0.05) is 24.3 Å². The maximum Gasteiger partial charge on any atom is 0.317 e. The third-order valence-electron chi connectivity index (χ3n) is 6.18. The standard InChI is InChI=1S/C25H33N3O4/c1-30-23-7-5-21(6-8-23)22-9-10-28(19-22)25(29)26-18-20-3-2-4-24(17-20)32-16-13-27-11-14-31-15-12-27/h2-8,17,22H,9-16,18-19H2,1H3,(H,26,29). The van der Waals surface area contributed by atoms with Gasteiger partial charge >= 0.3 is 6.03 Å². The van der Waals surface area contributed by atoms with E-state index in [0.29, 0.717) is 19.1 Å². The van der Waals surface area contributed by atoms with E-state index in [2.05, 4.69) is 22.3 Å². The first-order valence-corrected chi connectivity index (χ1v) is 11.4. The molecule has 2 aromatic carbocycles. The summed E-state index contributed by atoms with van der Waals surface area (Å²) in [5, 5.41) is 3.06. The fourth-order valence-corrected chi connectivity index (χ4v) is 4.24. The van der Waals surface area contributed by atoms with Crippen LogP contribution in [0, 0.1) is 0 Å². The SMILES string of the molecule is COc1ccc(C2CCN(C(=O)NCc3cccc(OCCN4CCOCC4)c3)C2)cc1. The third kappa shape index (κ3) is 6.14. The van der Waals surface area contributed by atoms with Gasteiger partial charge in [0.1, 0.15) is 18.1 Å². The molecule has 2 amide bonds. The molecule has 2 aliphatic heterocycles. The summed E-state index contributed by atoms with van der Waals surface area (Å²) in [5.41, 5.74) is 2.29. The van der Waals surface area contributed by atoms with Gasteiger partial charge in [-0.3, -0.25) is 4.90 Å². The fourth-order valence-electron chi connectivity index (χ4n) is 4.24. The maximum absolute atomic E-state index is 12.7. The summed E-state index contributed by atoms with van der Waals surface area (Å²) in [6.07, 6.45) is 0.978. The maximum atomic E-state index is 12.7. The van der Waals surface area contributed by atoms with Crippen molar-refractivity contribution in [3.63, 3.8) is 0 Å². The van der Waals surface area contributed by atoms with Gasteiger partial charge in [0.05, 0.1) is 20.3 Å². The van der Waals surface area contributed by atoms with Crippen LogP contribution in [-0.4, -0.2) is 75.5 Å². The Balaban J connectivity index is 1.21. The van der Waals surface area contributed by atoms with Crippen molar-refractivity contribution >= 4 is 6.03 Å². The lowest BCUT2D eigenvalue weighted by molar-refractivity contribution is 0.0322. The van der Waals surface area contributed by atoms with E-state index in [4.69, 9.17) is 14.2 Å². The first-order valence-electron chi connectivity index (χ1n) is 11.4. The predicted molar refractivity (Wildman–Crippen MR) is 123 cm³/mol. The van der Waals surface area contributed by atoms with Crippen LogP contribution < -0.4 is 14.8 Å². The number of ether oxygens (including phenoxy) is 3. The Bertz CT molecular complexity index is 868. The van der Waals surface area contributed by atoms with Crippen LogP contribution >= 0.6 is 0 Å². The molecule has 2 heterocycles. The van der Waals surface area contributed by atoms with E-state index in [-0.39, 0.29) is 6.03 Å². The van der Waals surface area contributed by atoms with Crippen LogP contribution in [0.5, 0.6) is 11.5 Å². The minimum absolute atomic E-state index is 0.0142. The first-order chi connectivity index (χ1) is 15.7. The Hall–Kier alpha value is -2.77. The molecule has 172 valence electrons. The number of urea groups is 1. The van der Waals surface area contributed by atoms with Gasteiger partial charge in [-0.25, -0.2) is 4.79 Å².